The minimum absolute atomic E-state index is 0.0450. The van der Waals surface area contributed by atoms with E-state index in [2.05, 4.69) is 4.98 Å². The SMILES string of the molecule is COc1ccc2c(c1)CC(C)(CC(=O)OSCc1cccnc1)N2C(=O)c1ccc(Cl)cc1. The molecule has 1 aliphatic rings. The Hall–Kier alpha value is -3.03. The maximum absolute atomic E-state index is 13.6. The van der Waals surface area contributed by atoms with Crippen LogP contribution < -0.4 is 9.64 Å². The van der Waals surface area contributed by atoms with Crippen molar-refractivity contribution in [3.8, 4) is 5.75 Å². The molecule has 3 aromatic rings. The maximum Gasteiger partial charge on any atom is 0.320 e. The molecule has 8 heteroatoms. The zero-order valence-electron chi connectivity index (χ0n) is 18.3. The summed E-state index contributed by atoms with van der Waals surface area (Å²) in [6.07, 6.45) is 3.97. The van der Waals surface area contributed by atoms with Crippen molar-refractivity contribution in [1.29, 1.82) is 0 Å². The van der Waals surface area contributed by atoms with Crippen LogP contribution in [0.2, 0.25) is 5.02 Å². The van der Waals surface area contributed by atoms with Crippen LogP contribution >= 0.6 is 23.6 Å². The molecule has 0 saturated heterocycles. The van der Waals surface area contributed by atoms with Gasteiger partial charge < -0.3 is 13.8 Å². The molecule has 1 aromatic heterocycles. The summed E-state index contributed by atoms with van der Waals surface area (Å²) in [6, 6.07) is 16.1. The van der Waals surface area contributed by atoms with Gasteiger partial charge in [0.2, 0.25) is 0 Å². The van der Waals surface area contributed by atoms with Crippen molar-refractivity contribution >= 4 is 41.2 Å². The van der Waals surface area contributed by atoms with E-state index >= 15 is 0 Å². The number of hydrogen-bond donors (Lipinski definition) is 0. The quantitative estimate of drug-likeness (QED) is 0.415. The average Bonchev–Trinajstić information content (AvgIpc) is 3.10. The van der Waals surface area contributed by atoms with E-state index in [9.17, 15) is 9.59 Å². The molecule has 0 radical (unpaired) electrons. The minimum Gasteiger partial charge on any atom is -0.497 e. The standard InChI is InChI=1S/C25H23ClN2O4S/c1-25(14-23(29)32-33-16-17-4-3-11-27-15-17)13-19-12-21(31-2)9-10-22(19)28(25)24(30)18-5-7-20(26)8-6-18/h3-12,15H,13-14,16H2,1-2H3. The second-order valence-corrected chi connectivity index (χ2v) is 9.20. The van der Waals surface area contributed by atoms with Gasteiger partial charge in [0.05, 0.1) is 36.9 Å². The number of methoxy groups -OCH3 is 1. The molecule has 4 rings (SSSR count). The van der Waals surface area contributed by atoms with Crippen LogP contribution in [0.25, 0.3) is 0 Å². The van der Waals surface area contributed by atoms with Crippen LogP contribution in [-0.4, -0.2) is 29.5 Å². The zero-order valence-corrected chi connectivity index (χ0v) is 19.9. The molecule has 1 aliphatic heterocycles. The highest BCUT2D eigenvalue weighted by atomic mass is 35.5. The molecule has 0 spiro atoms. The molecule has 0 fully saturated rings. The highest BCUT2D eigenvalue weighted by molar-refractivity contribution is 7.94. The molecule has 1 amide bonds. The van der Waals surface area contributed by atoms with Gasteiger partial charge in [-0.2, -0.15) is 0 Å². The molecule has 0 aliphatic carbocycles. The predicted molar refractivity (Wildman–Crippen MR) is 130 cm³/mol. The smallest absolute Gasteiger partial charge is 0.320 e. The first-order chi connectivity index (χ1) is 15.9. The van der Waals surface area contributed by atoms with Crippen molar-refractivity contribution in [1.82, 2.24) is 4.98 Å². The number of carbonyl (C=O) groups is 2. The van der Waals surface area contributed by atoms with E-state index in [4.69, 9.17) is 20.5 Å². The highest BCUT2D eigenvalue weighted by Gasteiger charge is 2.45. The lowest BCUT2D eigenvalue weighted by atomic mass is 9.92. The second-order valence-electron chi connectivity index (χ2n) is 8.07. The van der Waals surface area contributed by atoms with E-state index < -0.39 is 5.54 Å². The number of amides is 1. The molecule has 6 nitrogen and oxygen atoms in total. The van der Waals surface area contributed by atoms with Crippen molar-refractivity contribution in [3.63, 3.8) is 0 Å². The molecule has 2 heterocycles. The van der Waals surface area contributed by atoms with Gasteiger partial charge in [-0.25, -0.2) is 0 Å². The van der Waals surface area contributed by atoms with E-state index in [0.717, 1.165) is 28.9 Å². The lowest BCUT2D eigenvalue weighted by molar-refractivity contribution is -0.134. The molecule has 0 saturated carbocycles. The van der Waals surface area contributed by atoms with E-state index in [0.29, 0.717) is 28.5 Å². The van der Waals surface area contributed by atoms with Gasteiger partial charge in [-0.3, -0.25) is 14.6 Å². The first kappa shape index (κ1) is 23.1. The van der Waals surface area contributed by atoms with Crippen molar-refractivity contribution in [2.75, 3.05) is 12.0 Å². The molecule has 1 atom stereocenters. The van der Waals surface area contributed by atoms with Crippen LogP contribution in [0.5, 0.6) is 5.75 Å². The van der Waals surface area contributed by atoms with Gasteiger partial charge >= 0.3 is 5.97 Å². The van der Waals surface area contributed by atoms with Crippen molar-refractivity contribution in [2.24, 2.45) is 0 Å². The Bertz CT molecular complexity index is 1160. The summed E-state index contributed by atoms with van der Waals surface area (Å²) in [6.45, 7) is 1.90. The first-order valence-electron chi connectivity index (χ1n) is 10.4. The van der Waals surface area contributed by atoms with Crippen LogP contribution in [-0.2, 0) is 21.2 Å². The number of benzene rings is 2. The number of aromatic nitrogens is 1. The summed E-state index contributed by atoms with van der Waals surface area (Å²) >= 11 is 7.07. The Labute approximate surface area is 202 Å². The Kier molecular flexibility index (Phi) is 6.91. The average molecular weight is 483 g/mol. The van der Waals surface area contributed by atoms with Gasteiger partial charge in [0.15, 0.2) is 0 Å². The Morgan fingerprint density at radius 3 is 2.67 bits per heavy atom. The summed E-state index contributed by atoms with van der Waals surface area (Å²) in [5, 5.41) is 0.551. The van der Waals surface area contributed by atoms with E-state index in [-0.39, 0.29) is 18.3 Å². The number of rotatable bonds is 7. The van der Waals surface area contributed by atoms with Crippen LogP contribution in [0.1, 0.15) is 34.8 Å². The fourth-order valence-electron chi connectivity index (χ4n) is 4.03. The van der Waals surface area contributed by atoms with Gasteiger partial charge in [0.1, 0.15) is 5.75 Å². The number of anilines is 1. The number of pyridine rings is 1. The van der Waals surface area contributed by atoms with Crippen LogP contribution in [0.4, 0.5) is 5.69 Å². The van der Waals surface area contributed by atoms with Crippen molar-refractivity contribution < 1.29 is 18.5 Å². The number of nitrogens with zero attached hydrogens (tertiary/aromatic N) is 2. The number of halogens is 1. The van der Waals surface area contributed by atoms with Crippen LogP contribution in [0.3, 0.4) is 0 Å². The summed E-state index contributed by atoms with van der Waals surface area (Å²) in [7, 11) is 1.60. The van der Waals surface area contributed by atoms with Gasteiger partial charge in [-0.1, -0.05) is 17.7 Å². The first-order valence-corrected chi connectivity index (χ1v) is 11.7. The third-order valence-electron chi connectivity index (χ3n) is 5.56. The molecule has 2 aromatic carbocycles. The Balaban J connectivity index is 1.55. The minimum atomic E-state index is -0.794. The molecule has 0 bridgehead atoms. The van der Waals surface area contributed by atoms with Gasteiger partial charge in [0.25, 0.3) is 5.91 Å². The normalized spacial score (nSPS) is 16.9. The number of hydrogen-bond acceptors (Lipinski definition) is 6. The van der Waals surface area contributed by atoms with Gasteiger partial charge in [-0.05, 0) is 73.0 Å². The fourth-order valence-corrected chi connectivity index (χ4v) is 4.72. The molecule has 170 valence electrons. The zero-order chi connectivity index (χ0) is 23.4. The van der Waals surface area contributed by atoms with Crippen molar-refractivity contribution in [2.45, 2.75) is 31.1 Å². The largest absolute Gasteiger partial charge is 0.497 e. The molecular weight excluding hydrogens is 460 g/mol. The predicted octanol–water partition coefficient (Wildman–Crippen LogP) is 5.49. The monoisotopic (exact) mass is 482 g/mol. The third-order valence-corrected chi connectivity index (χ3v) is 6.57. The lowest BCUT2D eigenvalue weighted by Gasteiger charge is -2.35. The van der Waals surface area contributed by atoms with Crippen LogP contribution in [0, 0.1) is 0 Å². The lowest BCUT2D eigenvalue weighted by Crippen LogP contribution is -2.49. The van der Waals surface area contributed by atoms with E-state index in [1.54, 1.807) is 48.7 Å². The summed E-state index contributed by atoms with van der Waals surface area (Å²) in [5.74, 6) is 0.613. The maximum atomic E-state index is 13.6. The van der Waals surface area contributed by atoms with E-state index in [1.807, 2.05) is 37.3 Å². The second kappa shape index (κ2) is 9.85. The highest BCUT2D eigenvalue weighted by Crippen LogP contribution is 2.43. The number of carbonyl (C=O) groups excluding carboxylic acids is 2. The fraction of sp³-hybridized carbons (Fsp3) is 0.240. The third kappa shape index (κ3) is 5.15. The number of ether oxygens (including phenoxy) is 1. The molecule has 33 heavy (non-hydrogen) atoms. The molecule has 1 unspecified atom stereocenters. The van der Waals surface area contributed by atoms with E-state index in [1.165, 1.54) is 0 Å². The topological polar surface area (TPSA) is 68.7 Å². The summed E-state index contributed by atoms with van der Waals surface area (Å²) in [4.78, 5) is 32.1. The van der Waals surface area contributed by atoms with Crippen molar-refractivity contribution in [3.05, 3.63) is 88.7 Å². The van der Waals surface area contributed by atoms with Crippen LogP contribution in [0.15, 0.2) is 67.0 Å². The summed E-state index contributed by atoms with van der Waals surface area (Å²) < 4.78 is 10.8. The Morgan fingerprint density at radius 1 is 1.18 bits per heavy atom. The molecular formula is C25H23ClN2O4S. The number of fused-ring (bicyclic) bond motifs is 1. The summed E-state index contributed by atoms with van der Waals surface area (Å²) in [5.41, 5.74) is 2.36. The van der Waals surface area contributed by atoms with Gasteiger partial charge in [-0.15, -0.1) is 0 Å². The molecule has 0 N–H and O–H groups in total. The van der Waals surface area contributed by atoms with Gasteiger partial charge in [0, 0.05) is 28.7 Å². The Morgan fingerprint density at radius 2 is 1.97 bits per heavy atom.